The molecule has 1 heterocycles. The largest absolute Gasteiger partial charge is 0.435 e. The van der Waals surface area contributed by atoms with Crippen molar-refractivity contribution in [2.75, 3.05) is 0 Å². The molecule has 1 N–H and O–H groups in total. The van der Waals surface area contributed by atoms with E-state index in [2.05, 4.69) is 13.0 Å². The summed E-state index contributed by atoms with van der Waals surface area (Å²) in [6, 6.07) is 0. The molecule has 1 aliphatic rings. The van der Waals surface area contributed by atoms with Crippen LogP contribution >= 0.6 is 0 Å². The van der Waals surface area contributed by atoms with Gasteiger partial charge in [-0.25, -0.2) is 0 Å². The fourth-order valence-electron chi connectivity index (χ4n) is 3.46. The number of rotatable bonds is 16. The van der Waals surface area contributed by atoms with Crippen LogP contribution in [0.4, 0.5) is 0 Å². The van der Waals surface area contributed by atoms with Crippen LogP contribution in [-0.4, -0.2) is 17.4 Å². The van der Waals surface area contributed by atoms with E-state index in [1.165, 1.54) is 89.9 Å². The molecule has 0 aliphatic carbocycles. The molecule has 25 heavy (non-hydrogen) atoms. The number of carbonyl (C=O) groups excluding carboxylic acids is 1. The normalized spacial score (nSPS) is 20.5. The Morgan fingerprint density at radius 3 is 1.80 bits per heavy atom. The van der Waals surface area contributed by atoms with Crippen LogP contribution in [0.3, 0.4) is 0 Å². The van der Waals surface area contributed by atoms with Crippen molar-refractivity contribution in [2.45, 2.75) is 116 Å². The van der Waals surface area contributed by atoms with Crippen molar-refractivity contribution in [1.29, 1.82) is 0 Å². The van der Waals surface area contributed by atoms with Gasteiger partial charge in [-0.1, -0.05) is 103 Å². The van der Waals surface area contributed by atoms with Crippen molar-refractivity contribution in [1.82, 2.24) is 0 Å². The van der Waals surface area contributed by atoms with Crippen LogP contribution in [0, 0.1) is 5.92 Å². The number of carbonyl (C=O) groups is 1. The molecular formula is C22H40O3. The van der Waals surface area contributed by atoms with E-state index in [4.69, 9.17) is 4.74 Å². The summed E-state index contributed by atoms with van der Waals surface area (Å²) in [5, 5.41) is 9.23. The number of hydrogen-bond donors (Lipinski definition) is 1. The van der Waals surface area contributed by atoms with E-state index in [1.807, 2.05) is 6.08 Å². The van der Waals surface area contributed by atoms with Crippen LogP contribution < -0.4 is 0 Å². The maximum Gasteiger partial charge on any atom is 0.315 e. The molecule has 1 saturated heterocycles. The van der Waals surface area contributed by atoms with E-state index in [0.717, 1.165) is 6.42 Å². The lowest BCUT2D eigenvalue weighted by Gasteiger charge is -2.03. The minimum Gasteiger partial charge on any atom is -0.435 e. The standard InChI is InChI=1S/C22H40O3/c1-2-3-4-5-6-7-8-9-10-11-12-13-14-15-16-17-18-20-19-21(23)25-22(20)24/h17-18,20-21,23H,2-16,19H2,1H3/b18-17+. The van der Waals surface area contributed by atoms with Crippen molar-refractivity contribution in [3.05, 3.63) is 12.2 Å². The monoisotopic (exact) mass is 352 g/mol. The summed E-state index contributed by atoms with van der Waals surface area (Å²) in [5.74, 6) is -0.522. The zero-order valence-corrected chi connectivity index (χ0v) is 16.4. The second-order valence-corrected chi connectivity index (χ2v) is 7.55. The van der Waals surface area contributed by atoms with Gasteiger partial charge in [0.05, 0.1) is 5.92 Å². The number of cyclic esters (lactones) is 1. The molecule has 3 heteroatoms. The second kappa shape index (κ2) is 15.4. The number of ether oxygens (including phenoxy) is 1. The van der Waals surface area contributed by atoms with Gasteiger partial charge in [0.1, 0.15) is 0 Å². The zero-order chi connectivity index (χ0) is 18.2. The molecule has 2 unspecified atom stereocenters. The lowest BCUT2D eigenvalue weighted by atomic mass is 10.0. The first-order valence-corrected chi connectivity index (χ1v) is 10.8. The van der Waals surface area contributed by atoms with Crippen molar-refractivity contribution < 1.29 is 14.6 Å². The summed E-state index contributed by atoms with van der Waals surface area (Å²) in [7, 11) is 0. The first-order valence-electron chi connectivity index (χ1n) is 10.8. The Morgan fingerprint density at radius 2 is 1.36 bits per heavy atom. The molecule has 3 nitrogen and oxygen atoms in total. The molecule has 1 rings (SSSR count). The fraction of sp³-hybridized carbons (Fsp3) is 0.864. The van der Waals surface area contributed by atoms with Crippen molar-refractivity contribution in [2.24, 2.45) is 5.92 Å². The first-order chi connectivity index (χ1) is 12.2. The van der Waals surface area contributed by atoms with Crippen LogP contribution in [-0.2, 0) is 9.53 Å². The summed E-state index contributed by atoms with van der Waals surface area (Å²) in [6.45, 7) is 2.27. The average molecular weight is 353 g/mol. The molecular weight excluding hydrogens is 312 g/mol. The van der Waals surface area contributed by atoms with Crippen molar-refractivity contribution in [3.8, 4) is 0 Å². The third-order valence-electron chi connectivity index (χ3n) is 5.10. The molecule has 1 aliphatic heterocycles. The van der Waals surface area contributed by atoms with Crippen LogP contribution in [0.1, 0.15) is 110 Å². The van der Waals surface area contributed by atoms with Gasteiger partial charge in [0, 0.05) is 6.42 Å². The van der Waals surface area contributed by atoms with E-state index in [1.54, 1.807) is 0 Å². The number of hydrogen-bond acceptors (Lipinski definition) is 3. The average Bonchev–Trinajstić information content (AvgIpc) is 2.92. The Kier molecular flexibility index (Phi) is 13.7. The maximum absolute atomic E-state index is 11.3. The SMILES string of the molecule is CCCCCCCCCCCCCCCC/C=C/C1CC(O)OC1=O. The number of allylic oxidation sites excluding steroid dienone is 1. The minimum atomic E-state index is -0.900. The molecule has 0 bridgehead atoms. The molecule has 0 aromatic carbocycles. The molecule has 1 fully saturated rings. The van der Waals surface area contributed by atoms with Crippen molar-refractivity contribution >= 4 is 5.97 Å². The van der Waals surface area contributed by atoms with E-state index >= 15 is 0 Å². The summed E-state index contributed by atoms with van der Waals surface area (Å²) >= 11 is 0. The fourth-order valence-corrected chi connectivity index (χ4v) is 3.46. The first kappa shape index (κ1) is 22.2. The molecule has 0 saturated carbocycles. The Labute approximate surface area is 155 Å². The van der Waals surface area contributed by atoms with Gasteiger partial charge in [-0.2, -0.15) is 0 Å². The maximum atomic E-state index is 11.3. The molecule has 0 spiro atoms. The van der Waals surface area contributed by atoms with Crippen LogP contribution in [0.15, 0.2) is 12.2 Å². The molecule has 0 radical (unpaired) electrons. The van der Waals surface area contributed by atoms with Crippen molar-refractivity contribution in [3.63, 3.8) is 0 Å². The highest BCUT2D eigenvalue weighted by molar-refractivity contribution is 5.76. The Hall–Kier alpha value is -0.830. The van der Waals surface area contributed by atoms with Crippen LogP contribution in [0.5, 0.6) is 0 Å². The van der Waals surface area contributed by atoms with Gasteiger partial charge in [0.25, 0.3) is 0 Å². The number of unbranched alkanes of at least 4 members (excludes halogenated alkanes) is 14. The number of aliphatic hydroxyl groups excluding tert-OH is 1. The minimum absolute atomic E-state index is 0.235. The van der Waals surface area contributed by atoms with E-state index in [9.17, 15) is 9.90 Å². The highest BCUT2D eigenvalue weighted by Gasteiger charge is 2.30. The molecule has 0 aromatic rings. The molecule has 0 aromatic heterocycles. The second-order valence-electron chi connectivity index (χ2n) is 7.55. The summed E-state index contributed by atoms with van der Waals surface area (Å²) in [4.78, 5) is 11.3. The Morgan fingerprint density at radius 1 is 0.880 bits per heavy atom. The molecule has 2 atom stereocenters. The summed E-state index contributed by atoms with van der Waals surface area (Å²) < 4.78 is 4.72. The van der Waals surface area contributed by atoms with Crippen LogP contribution in [0.2, 0.25) is 0 Å². The molecule has 0 amide bonds. The zero-order valence-electron chi connectivity index (χ0n) is 16.4. The summed E-state index contributed by atoms with van der Waals surface area (Å²) in [5.41, 5.74) is 0. The van der Waals surface area contributed by atoms with Gasteiger partial charge < -0.3 is 9.84 Å². The number of esters is 1. The lowest BCUT2D eigenvalue weighted by molar-refractivity contribution is -0.154. The smallest absolute Gasteiger partial charge is 0.315 e. The van der Waals surface area contributed by atoms with Gasteiger partial charge >= 0.3 is 5.97 Å². The van der Waals surface area contributed by atoms with Gasteiger partial charge in [-0.05, 0) is 12.8 Å². The summed E-state index contributed by atoms with van der Waals surface area (Å²) in [6.07, 6.45) is 23.8. The lowest BCUT2D eigenvalue weighted by Crippen LogP contribution is -2.04. The Balaban J connectivity index is 1.77. The van der Waals surface area contributed by atoms with E-state index in [-0.39, 0.29) is 11.9 Å². The predicted octanol–water partition coefficient (Wildman–Crippen LogP) is 6.30. The quantitative estimate of drug-likeness (QED) is 0.201. The highest BCUT2D eigenvalue weighted by Crippen LogP contribution is 2.21. The third-order valence-corrected chi connectivity index (χ3v) is 5.10. The van der Waals surface area contributed by atoms with Gasteiger partial charge in [-0.15, -0.1) is 0 Å². The number of aliphatic hydroxyl groups is 1. The molecule has 146 valence electrons. The van der Waals surface area contributed by atoms with E-state index in [0.29, 0.717) is 6.42 Å². The third kappa shape index (κ3) is 12.2. The van der Waals surface area contributed by atoms with Gasteiger partial charge in [-0.3, -0.25) is 4.79 Å². The predicted molar refractivity (Wildman–Crippen MR) is 104 cm³/mol. The van der Waals surface area contributed by atoms with Gasteiger partial charge in [0.2, 0.25) is 6.29 Å². The Bertz CT molecular complexity index is 351. The van der Waals surface area contributed by atoms with Gasteiger partial charge in [0.15, 0.2) is 0 Å². The highest BCUT2D eigenvalue weighted by atomic mass is 16.6. The van der Waals surface area contributed by atoms with Crippen LogP contribution in [0.25, 0.3) is 0 Å². The van der Waals surface area contributed by atoms with E-state index < -0.39 is 6.29 Å². The topological polar surface area (TPSA) is 46.5 Å².